The van der Waals surface area contributed by atoms with Gasteiger partial charge in [0.25, 0.3) is 5.96 Å². The van der Waals surface area contributed by atoms with Crippen LogP contribution in [0.3, 0.4) is 0 Å². The summed E-state index contributed by atoms with van der Waals surface area (Å²) in [5.41, 5.74) is 6.16. The van der Waals surface area contributed by atoms with E-state index in [9.17, 15) is 14.9 Å². The summed E-state index contributed by atoms with van der Waals surface area (Å²) in [6.45, 7) is 5.64. The number of rotatable bonds is 4. The number of nitrogens with two attached hydrogens (primary N) is 1. The van der Waals surface area contributed by atoms with Crippen molar-refractivity contribution >= 4 is 17.7 Å². The van der Waals surface area contributed by atoms with Crippen molar-refractivity contribution in [3.05, 3.63) is 39.9 Å². The Morgan fingerprint density at radius 1 is 1.36 bits per heavy atom. The average Bonchev–Trinajstić information content (AvgIpc) is 2.35. The van der Waals surface area contributed by atoms with Gasteiger partial charge in [0, 0.05) is 12.2 Å². The molecule has 120 valence electrons. The van der Waals surface area contributed by atoms with Crippen molar-refractivity contribution in [2.75, 3.05) is 5.32 Å². The number of benzene rings is 1. The molecule has 0 fully saturated rings. The number of carbonyl (C=O) groups is 1. The molecular weight excluding hydrogens is 290 g/mol. The van der Waals surface area contributed by atoms with Gasteiger partial charge in [-0.1, -0.05) is 12.1 Å². The Bertz CT molecular complexity index is 563. The van der Waals surface area contributed by atoms with Gasteiger partial charge >= 0.3 is 6.09 Å². The topological polar surface area (TPSA) is 132 Å². The van der Waals surface area contributed by atoms with E-state index in [1.165, 1.54) is 0 Å². The molecule has 22 heavy (non-hydrogen) atoms. The van der Waals surface area contributed by atoms with E-state index in [0.717, 1.165) is 5.56 Å². The highest BCUT2D eigenvalue weighted by Gasteiger charge is 2.15. The maximum absolute atomic E-state index is 11.5. The molecular formula is C13H19N5O4. The molecule has 1 rings (SSSR count). The summed E-state index contributed by atoms with van der Waals surface area (Å²) < 4.78 is 5.11. The number of nitro groups is 1. The van der Waals surface area contributed by atoms with Gasteiger partial charge in [-0.25, -0.2) is 14.9 Å². The van der Waals surface area contributed by atoms with Crippen LogP contribution in [0.25, 0.3) is 0 Å². The molecule has 9 nitrogen and oxygen atoms in total. The van der Waals surface area contributed by atoms with E-state index in [4.69, 9.17) is 10.5 Å². The van der Waals surface area contributed by atoms with Crippen molar-refractivity contribution in [2.24, 2.45) is 10.8 Å². The molecule has 0 radical (unpaired) electrons. The number of guanidine groups is 1. The lowest BCUT2D eigenvalue weighted by Gasteiger charge is -2.19. The van der Waals surface area contributed by atoms with Gasteiger partial charge in [0.2, 0.25) is 0 Å². The summed E-state index contributed by atoms with van der Waals surface area (Å²) in [6, 6.07) is 6.79. The second-order valence-electron chi connectivity index (χ2n) is 5.40. The summed E-state index contributed by atoms with van der Waals surface area (Å²) in [5, 5.41) is 17.4. The van der Waals surface area contributed by atoms with E-state index in [0.29, 0.717) is 12.2 Å². The molecule has 0 bridgehead atoms. The van der Waals surface area contributed by atoms with Crippen molar-refractivity contribution in [3.63, 3.8) is 0 Å². The lowest BCUT2D eigenvalue weighted by Crippen LogP contribution is -2.32. The lowest BCUT2D eigenvalue weighted by atomic mass is 10.2. The van der Waals surface area contributed by atoms with E-state index in [1.807, 2.05) is 0 Å². The van der Waals surface area contributed by atoms with E-state index in [-0.39, 0.29) is 5.96 Å². The summed E-state index contributed by atoms with van der Waals surface area (Å²) in [7, 11) is 0. The fourth-order valence-corrected chi connectivity index (χ4v) is 1.46. The Hall–Kier alpha value is -2.84. The second-order valence-corrected chi connectivity index (χ2v) is 5.40. The number of hydrogen-bond acceptors (Lipinski definition) is 4. The molecule has 0 saturated carbocycles. The molecule has 0 unspecified atom stereocenters. The Labute approximate surface area is 127 Å². The molecule has 0 saturated heterocycles. The predicted octanol–water partition coefficient (Wildman–Crippen LogP) is 1.63. The average molecular weight is 309 g/mol. The normalized spacial score (nSPS) is 11.7. The molecule has 1 amide bonds. The Balaban J connectivity index is 2.52. The number of nitrogens with zero attached hydrogens (tertiary/aromatic N) is 2. The van der Waals surface area contributed by atoms with Gasteiger partial charge in [0.1, 0.15) is 10.7 Å². The number of amides is 1. The minimum atomic E-state index is -0.887. The molecule has 0 aromatic heterocycles. The molecule has 0 aliphatic carbocycles. The van der Waals surface area contributed by atoms with Gasteiger partial charge in [0.15, 0.2) is 5.03 Å². The zero-order valence-electron chi connectivity index (χ0n) is 12.6. The van der Waals surface area contributed by atoms with Crippen LogP contribution >= 0.6 is 0 Å². The van der Waals surface area contributed by atoms with Crippen molar-refractivity contribution in [1.29, 1.82) is 0 Å². The second kappa shape index (κ2) is 7.25. The van der Waals surface area contributed by atoms with Crippen LogP contribution in [0.4, 0.5) is 10.5 Å². The first-order valence-electron chi connectivity index (χ1n) is 6.47. The van der Waals surface area contributed by atoms with Crippen LogP contribution in [-0.4, -0.2) is 22.7 Å². The fourth-order valence-electron chi connectivity index (χ4n) is 1.46. The highest BCUT2D eigenvalue weighted by atomic mass is 16.7. The molecule has 4 N–H and O–H groups in total. The van der Waals surface area contributed by atoms with Crippen LogP contribution in [0, 0.1) is 10.1 Å². The van der Waals surface area contributed by atoms with Gasteiger partial charge in [0.05, 0.1) is 0 Å². The molecule has 1 aromatic rings. The van der Waals surface area contributed by atoms with Gasteiger partial charge in [-0.2, -0.15) is 0 Å². The Morgan fingerprint density at radius 2 is 1.95 bits per heavy atom. The number of anilines is 1. The summed E-state index contributed by atoms with van der Waals surface area (Å²) >= 11 is 0. The number of hydrazone groups is 1. The van der Waals surface area contributed by atoms with Crippen molar-refractivity contribution in [1.82, 2.24) is 5.32 Å². The highest BCUT2D eigenvalue weighted by Crippen LogP contribution is 2.10. The van der Waals surface area contributed by atoms with Crippen molar-refractivity contribution in [3.8, 4) is 0 Å². The third-order valence-electron chi connectivity index (χ3n) is 2.25. The van der Waals surface area contributed by atoms with Gasteiger partial charge < -0.3 is 21.1 Å². The monoisotopic (exact) mass is 309 g/mol. The third-order valence-corrected chi connectivity index (χ3v) is 2.25. The maximum atomic E-state index is 11.5. The zero-order chi connectivity index (χ0) is 16.8. The SMILES string of the molecule is CC(C)(C)OC(=O)NCc1ccc(NC(N)=N[N+](=O)[O-])cc1. The van der Waals surface area contributed by atoms with Crippen LogP contribution in [0.15, 0.2) is 29.4 Å². The minimum Gasteiger partial charge on any atom is -0.444 e. The van der Waals surface area contributed by atoms with Crippen molar-refractivity contribution in [2.45, 2.75) is 32.9 Å². The first kappa shape index (κ1) is 17.2. The van der Waals surface area contributed by atoms with Crippen LogP contribution in [0.1, 0.15) is 26.3 Å². The number of nitrogens with one attached hydrogen (secondary N) is 2. The van der Waals surface area contributed by atoms with E-state index in [2.05, 4.69) is 15.7 Å². The van der Waals surface area contributed by atoms with E-state index in [1.54, 1.807) is 45.0 Å². The molecule has 0 aliphatic heterocycles. The summed E-state index contributed by atoms with van der Waals surface area (Å²) in [5.74, 6) is -0.315. The minimum absolute atomic E-state index is 0.299. The van der Waals surface area contributed by atoms with Crippen LogP contribution in [0.5, 0.6) is 0 Å². The van der Waals surface area contributed by atoms with Gasteiger partial charge in [-0.05, 0) is 38.5 Å². The molecule has 0 spiro atoms. The quantitative estimate of drug-likeness (QED) is 0.335. The number of hydrogen-bond donors (Lipinski definition) is 3. The molecule has 0 aliphatic rings. The van der Waals surface area contributed by atoms with E-state index < -0.39 is 16.7 Å². The van der Waals surface area contributed by atoms with Crippen molar-refractivity contribution < 1.29 is 14.6 Å². The van der Waals surface area contributed by atoms with Gasteiger partial charge in [-0.3, -0.25) is 0 Å². The first-order valence-corrected chi connectivity index (χ1v) is 6.47. The summed E-state index contributed by atoms with van der Waals surface area (Å²) in [4.78, 5) is 21.7. The zero-order valence-corrected chi connectivity index (χ0v) is 12.6. The third kappa shape index (κ3) is 7.08. The smallest absolute Gasteiger partial charge is 0.407 e. The van der Waals surface area contributed by atoms with Gasteiger partial charge in [-0.15, -0.1) is 0 Å². The van der Waals surface area contributed by atoms with Crippen LogP contribution in [-0.2, 0) is 11.3 Å². The standard InChI is InChI=1S/C13H19N5O4/c1-13(2,3)22-12(19)15-8-9-4-6-10(7-5-9)16-11(14)17-18(20)21/h4-7H,8H2,1-3H3,(H,15,19)(H3,14,16,17). The molecule has 0 atom stereocenters. The Kier molecular flexibility index (Phi) is 5.67. The van der Waals surface area contributed by atoms with Crippen LogP contribution < -0.4 is 16.4 Å². The van der Waals surface area contributed by atoms with E-state index >= 15 is 0 Å². The fraction of sp³-hybridized carbons (Fsp3) is 0.385. The molecule has 0 heterocycles. The largest absolute Gasteiger partial charge is 0.444 e. The predicted molar refractivity (Wildman–Crippen MR) is 81.8 cm³/mol. The summed E-state index contributed by atoms with van der Waals surface area (Å²) in [6.07, 6.45) is -0.503. The number of alkyl carbamates (subject to hydrolysis) is 1. The first-order chi connectivity index (χ1) is 10.2. The lowest BCUT2D eigenvalue weighted by molar-refractivity contribution is -0.485. The molecule has 1 aromatic carbocycles. The Morgan fingerprint density at radius 3 is 2.45 bits per heavy atom. The molecule has 9 heteroatoms. The highest BCUT2D eigenvalue weighted by molar-refractivity contribution is 5.91. The van der Waals surface area contributed by atoms with Crippen LogP contribution in [0.2, 0.25) is 0 Å². The maximum Gasteiger partial charge on any atom is 0.407 e. The number of ether oxygens (including phenoxy) is 1. The number of carbonyl (C=O) groups excluding carboxylic acids is 1.